The maximum absolute atomic E-state index is 13.0. The molecule has 510 valence electrons. The van der Waals surface area contributed by atoms with E-state index in [9.17, 15) is 43.2 Å². The first-order valence-corrected chi connectivity index (χ1v) is 38.1. The van der Waals surface area contributed by atoms with Crippen LogP contribution in [-0.2, 0) is 65.4 Å². The molecule has 0 aromatic carbocycles. The van der Waals surface area contributed by atoms with Crippen molar-refractivity contribution < 1.29 is 80.2 Å². The lowest BCUT2D eigenvalue weighted by molar-refractivity contribution is -0.161. The monoisotopic (exact) mass is 1270 g/mol. The second-order valence-corrected chi connectivity index (χ2v) is 27.6. The molecule has 0 aromatic heterocycles. The first kappa shape index (κ1) is 84.1. The van der Waals surface area contributed by atoms with Gasteiger partial charge in [0.05, 0.1) is 26.4 Å². The van der Waals surface area contributed by atoms with Crippen molar-refractivity contribution in [2.75, 3.05) is 39.6 Å². The summed E-state index contributed by atoms with van der Waals surface area (Å²) >= 11 is 0. The van der Waals surface area contributed by atoms with E-state index in [0.717, 1.165) is 96.3 Å². The topological polar surface area (TPSA) is 237 Å². The standard InChI is InChI=1S/C67H130O17P2/c1-6-9-12-15-18-21-24-26-28-30-33-36-43-48-53-67(72)83-62(56-77-64(69)50-45-40-34-32-29-27-25-22-19-16-13-10-7-2)58-81-85(73,74)79-54-61(68)55-80-86(75,76)82-59-63(57-78-65(70)51-46-41-38-37-39-44-49-60(4)5)84-66(71)52-47-42-35-31-23-20-17-14-11-8-3/h60-63,68H,6-59H2,1-5H3,(H,73,74)(H,75,76)/t61-,62-,63-/m1/s1. The second-order valence-electron chi connectivity index (χ2n) is 24.7. The molecule has 3 N–H and O–H groups in total. The van der Waals surface area contributed by atoms with Gasteiger partial charge in [-0.05, 0) is 31.6 Å². The Morgan fingerprint density at radius 1 is 0.314 bits per heavy atom. The number of unbranched alkanes of at least 4 members (excludes halogenated alkanes) is 39. The Labute approximate surface area is 524 Å². The fraction of sp³-hybridized carbons (Fsp3) is 0.940. The van der Waals surface area contributed by atoms with Crippen LogP contribution >= 0.6 is 15.6 Å². The molecule has 0 rings (SSSR count). The highest BCUT2D eigenvalue weighted by atomic mass is 31.2. The molecular weight excluding hydrogens is 1140 g/mol. The molecule has 0 spiro atoms. The van der Waals surface area contributed by atoms with E-state index in [0.29, 0.717) is 31.6 Å². The zero-order valence-corrected chi connectivity index (χ0v) is 57.2. The zero-order chi connectivity index (χ0) is 63.5. The highest BCUT2D eigenvalue weighted by Crippen LogP contribution is 2.45. The number of carbonyl (C=O) groups excluding carboxylic acids is 4. The summed E-state index contributed by atoms with van der Waals surface area (Å²) in [5, 5.41) is 10.6. The van der Waals surface area contributed by atoms with Gasteiger partial charge in [-0.15, -0.1) is 0 Å². The molecule has 0 heterocycles. The number of esters is 4. The number of aliphatic hydroxyl groups excluding tert-OH is 1. The summed E-state index contributed by atoms with van der Waals surface area (Å²) in [5.41, 5.74) is 0. The Hall–Kier alpha value is -1.94. The number of rotatable bonds is 67. The molecule has 5 atom stereocenters. The van der Waals surface area contributed by atoms with Gasteiger partial charge < -0.3 is 33.8 Å². The number of phosphoric ester groups is 2. The van der Waals surface area contributed by atoms with Crippen molar-refractivity contribution in [3.05, 3.63) is 0 Å². The largest absolute Gasteiger partial charge is 0.472 e. The van der Waals surface area contributed by atoms with Gasteiger partial charge in [-0.25, -0.2) is 9.13 Å². The van der Waals surface area contributed by atoms with Gasteiger partial charge in [-0.1, -0.05) is 291 Å². The number of hydrogen-bond donors (Lipinski definition) is 3. The van der Waals surface area contributed by atoms with Gasteiger partial charge in [-0.2, -0.15) is 0 Å². The number of ether oxygens (including phenoxy) is 4. The lowest BCUT2D eigenvalue weighted by Crippen LogP contribution is -2.30. The van der Waals surface area contributed by atoms with Crippen LogP contribution in [0.25, 0.3) is 0 Å². The molecular formula is C67H130O17P2. The van der Waals surface area contributed by atoms with Crippen LogP contribution in [0.1, 0.15) is 343 Å². The smallest absolute Gasteiger partial charge is 0.462 e. The van der Waals surface area contributed by atoms with Crippen LogP contribution in [0.2, 0.25) is 0 Å². The van der Waals surface area contributed by atoms with Crippen molar-refractivity contribution in [1.82, 2.24) is 0 Å². The summed E-state index contributed by atoms with van der Waals surface area (Å²) in [6.07, 6.45) is 45.8. The van der Waals surface area contributed by atoms with E-state index >= 15 is 0 Å². The van der Waals surface area contributed by atoms with Gasteiger partial charge in [0.1, 0.15) is 19.3 Å². The Kier molecular flexibility index (Phi) is 59.2. The summed E-state index contributed by atoms with van der Waals surface area (Å²) in [6, 6.07) is 0. The average Bonchev–Trinajstić information content (AvgIpc) is 3.70. The molecule has 0 aliphatic carbocycles. The molecule has 0 bridgehead atoms. The molecule has 17 nitrogen and oxygen atoms in total. The predicted molar refractivity (Wildman–Crippen MR) is 345 cm³/mol. The minimum absolute atomic E-state index is 0.106. The SMILES string of the molecule is CCCCCCCCCCCCCCCCC(=O)O[C@H](COC(=O)CCCCCCCCCCCCCCC)COP(=O)(O)OC[C@@H](O)COP(=O)(O)OC[C@@H](COC(=O)CCCCCCCCC(C)C)OC(=O)CCCCCCCCCCCC. The lowest BCUT2D eigenvalue weighted by Gasteiger charge is -2.21. The molecule has 86 heavy (non-hydrogen) atoms. The molecule has 2 unspecified atom stereocenters. The highest BCUT2D eigenvalue weighted by molar-refractivity contribution is 7.47. The van der Waals surface area contributed by atoms with Crippen LogP contribution in [0.15, 0.2) is 0 Å². The van der Waals surface area contributed by atoms with E-state index in [-0.39, 0.29) is 25.7 Å². The molecule has 19 heteroatoms. The van der Waals surface area contributed by atoms with Crippen molar-refractivity contribution >= 4 is 39.5 Å². The number of carbonyl (C=O) groups is 4. The van der Waals surface area contributed by atoms with E-state index in [4.69, 9.17) is 37.0 Å². The van der Waals surface area contributed by atoms with Crippen molar-refractivity contribution in [3.63, 3.8) is 0 Å². The fourth-order valence-corrected chi connectivity index (χ4v) is 11.7. The van der Waals surface area contributed by atoms with Crippen LogP contribution < -0.4 is 0 Å². The van der Waals surface area contributed by atoms with Crippen molar-refractivity contribution in [2.24, 2.45) is 5.92 Å². The maximum Gasteiger partial charge on any atom is 0.472 e. The van der Waals surface area contributed by atoms with Crippen molar-refractivity contribution in [1.29, 1.82) is 0 Å². The lowest BCUT2D eigenvalue weighted by atomic mass is 10.0. The quantitative estimate of drug-likeness (QED) is 0.0222. The second kappa shape index (κ2) is 60.6. The van der Waals surface area contributed by atoms with Crippen LogP contribution in [-0.4, -0.2) is 96.7 Å². The molecule has 0 fully saturated rings. The fourth-order valence-electron chi connectivity index (χ4n) is 10.1. The van der Waals surface area contributed by atoms with Crippen molar-refractivity contribution in [2.45, 2.75) is 361 Å². The average molecular weight is 1270 g/mol. The van der Waals surface area contributed by atoms with Gasteiger partial charge in [-0.3, -0.25) is 37.3 Å². The third kappa shape index (κ3) is 60.9. The summed E-state index contributed by atoms with van der Waals surface area (Å²) in [6.45, 7) is 7.14. The number of hydrogen-bond acceptors (Lipinski definition) is 15. The first-order chi connectivity index (χ1) is 41.5. The minimum atomic E-state index is -4.95. The molecule has 0 aromatic rings. The number of aliphatic hydroxyl groups is 1. The van der Waals surface area contributed by atoms with E-state index < -0.39 is 97.5 Å². The van der Waals surface area contributed by atoms with Crippen molar-refractivity contribution in [3.8, 4) is 0 Å². The summed E-state index contributed by atoms with van der Waals surface area (Å²) in [4.78, 5) is 72.3. The number of phosphoric acid groups is 2. The van der Waals surface area contributed by atoms with Crippen LogP contribution in [0.4, 0.5) is 0 Å². The van der Waals surface area contributed by atoms with Gasteiger partial charge >= 0.3 is 39.5 Å². The van der Waals surface area contributed by atoms with E-state index in [1.807, 2.05) is 0 Å². The Morgan fingerprint density at radius 2 is 0.535 bits per heavy atom. The molecule has 0 aliphatic heterocycles. The Bertz CT molecular complexity index is 1670. The first-order valence-electron chi connectivity index (χ1n) is 35.1. The van der Waals surface area contributed by atoms with Gasteiger partial charge in [0.25, 0.3) is 0 Å². The summed E-state index contributed by atoms with van der Waals surface area (Å²) in [7, 11) is -9.89. The van der Waals surface area contributed by atoms with Crippen LogP contribution in [0.3, 0.4) is 0 Å². The van der Waals surface area contributed by atoms with Crippen LogP contribution in [0.5, 0.6) is 0 Å². The minimum Gasteiger partial charge on any atom is -0.462 e. The van der Waals surface area contributed by atoms with Gasteiger partial charge in [0, 0.05) is 25.7 Å². The molecule has 0 radical (unpaired) electrons. The maximum atomic E-state index is 13.0. The third-order valence-corrected chi connectivity index (χ3v) is 17.4. The summed E-state index contributed by atoms with van der Waals surface area (Å²) < 4.78 is 68.1. The molecule has 0 aliphatic rings. The normalized spacial score (nSPS) is 14.2. The molecule has 0 saturated carbocycles. The van der Waals surface area contributed by atoms with Crippen LogP contribution in [0, 0.1) is 5.92 Å². The van der Waals surface area contributed by atoms with Gasteiger partial charge in [0.2, 0.25) is 0 Å². The molecule has 0 saturated heterocycles. The summed E-state index contributed by atoms with van der Waals surface area (Å²) in [5.74, 6) is -1.45. The molecule has 0 amide bonds. The van der Waals surface area contributed by atoms with Gasteiger partial charge in [0.15, 0.2) is 12.2 Å². The Morgan fingerprint density at radius 3 is 0.791 bits per heavy atom. The van der Waals surface area contributed by atoms with E-state index in [1.54, 1.807) is 0 Å². The van der Waals surface area contributed by atoms with E-state index in [1.165, 1.54) is 161 Å². The third-order valence-electron chi connectivity index (χ3n) is 15.5. The Balaban J connectivity index is 5.23. The predicted octanol–water partition coefficient (Wildman–Crippen LogP) is 19.0. The van der Waals surface area contributed by atoms with E-state index in [2.05, 4.69) is 34.6 Å². The highest BCUT2D eigenvalue weighted by Gasteiger charge is 2.30. The zero-order valence-electron chi connectivity index (χ0n) is 55.4.